The van der Waals surface area contributed by atoms with E-state index in [2.05, 4.69) is 17.6 Å². The minimum absolute atomic E-state index is 0.0785. The minimum atomic E-state index is 0.0785. The molecule has 1 aliphatic heterocycles. The summed E-state index contributed by atoms with van der Waals surface area (Å²) in [4.78, 5) is 11.9. The van der Waals surface area contributed by atoms with Crippen LogP contribution in [0.2, 0.25) is 0 Å². The van der Waals surface area contributed by atoms with Crippen LogP contribution < -0.4 is 15.4 Å². The molecule has 1 saturated heterocycles. The molecular weight excluding hydrogens is 252 g/mol. The largest absolute Gasteiger partial charge is 0.497 e. The van der Waals surface area contributed by atoms with Crippen LogP contribution in [-0.4, -0.2) is 32.1 Å². The van der Waals surface area contributed by atoms with Gasteiger partial charge in [-0.3, -0.25) is 4.79 Å². The second kappa shape index (κ2) is 7.29. The molecule has 2 N–H and O–H groups in total. The van der Waals surface area contributed by atoms with Gasteiger partial charge in [0.15, 0.2) is 0 Å². The van der Waals surface area contributed by atoms with Gasteiger partial charge in [-0.1, -0.05) is 19.1 Å². The minimum Gasteiger partial charge on any atom is -0.497 e. The molecule has 2 unspecified atom stereocenters. The van der Waals surface area contributed by atoms with E-state index in [1.54, 1.807) is 7.11 Å². The van der Waals surface area contributed by atoms with E-state index in [1.165, 1.54) is 12.8 Å². The lowest BCUT2D eigenvalue weighted by atomic mass is 9.93. The molecule has 2 atom stereocenters. The van der Waals surface area contributed by atoms with Crippen molar-refractivity contribution in [2.45, 2.75) is 32.2 Å². The van der Waals surface area contributed by atoms with E-state index < -0.39 is 0 Å². The molecular formula is C16H24N2O2. The van der Waals surface area contributed by atoms with E-state index in [4.69, 9.17) is 4.74 Å². The zero-order valence-corrected chi connectivity index (χ0v) is 12.3. The van der Waals surface area contributed by atoms with Crippen LogP contribution in [0.4, 0.5) is 0 Å². The van der Waals surface area contributed by atoms with Crippen molar-refractivity contribution < 1.29 is 9.53 Å². The second-order valence-corrected chi connectivity index (χ2v) is 5.51. The maximum absolute atomic E-state index is 11.9. The predicted octanol–water partition coefficient (Wildman–Crippen LogP) is 1.74. The first-order valence-electron chi connectivity index (χ1n) is 7.32. The molecule has 4 heteroatoms. The summed E-state index contributed by atoms with van der Waals surface area (Å²) in [6, 6.07) is 8.03. The fourth-order valence-electron chi connectivity index (χ4n) is 2.60. The third kappa shape index (κ3) is 4.23. The Kier molecular flexibility index (Phi) is 5.41. The van der Waals surface area contributed by atoms with Crippen LogP contribution in [0, 0.1) is 5.92 Å². The Bertz CT molecular complexity index is 431. The summed E-state index contributed by atoms with van der Waals surface area (Å²) < 4.78 is 5.10. The number of rotatable bonds is 5. The number of carbonyl (C=O) groups excluding carboxylic acids is 1. The normalized spacial score (nSPS) is 22.3. The maximum atomic E-state index is 11.9. The lowest BCUT2D eigenvalue weighted by Crippen LogP contribution is -2.48. The van der Waals surface area contributed by atoms with Crippen molar-refractivity contribution in [3.05, 3.63) is 29.8 Å². The molecule has 1 fully saturated rings. The highest BCUT2D eigenvalue weighted by Crippen LogP contribution is 2.15. The molecule has 0 saturated carbocycles. The van der Waals surface area contributed by atoms with Crippen molar-refractivity contribution >= 4 is 5.91 Å². The number of benzene rings is 1. The summed E-state index contributed by atoms with van der Waals surface area (Å²) >= 11 is 0. The Morgan fingerprint density at radius 3 is 2.80 bits per heavy atom. The summed E-state index contributed by atoms with van der Waals surface area (Å²) in [5.74, 6) is 1.52. The molecule has 1 amide bonds. The first-order valence-corrected chi connectivity index (χ1v) is 7.32. The average molecular weight is 276 g/mol. The third-order valence-corrected chi connectivity index (χ3v) is 3.97. The van der Waals surface area contributed by atoms with Gasteiger partial charge in [-0.15, -0.1) is 0 Å². The number of nitrogens with one attached hydrogen (secondary N) is 2. The van der Waals surface area contributed by atoms with Gasteiger partial charge in [0.1, 0.15) is 5.75 Å². The number of amides is 1. The fraction of sp³-hybridized carbons (Fsp3) is 0.562. The fourth-order valence-corrected chi connectivity index (χ4v) is 2.60. The molecule has 2 rings (SSSR count). The van der Waals surface area contributed by atoms with Crippen LogP contribution in [0.15, 0.2) is 24.3 Å². The molecule has 110 valence electrons. The summed E-state index contributed by atoms with van der Waals surface area (Å²) in [5.41, 5.74) is 1.01. The van der Waals surface area contributed by atoms with Gasteiger partial charge in [0.05, 0.1) is 13.5 Å². The van der Waals surface area contributed by atoms with Gasteiger partial charge < -0.3 is 15.4 Å². The molecule has 1 aliphatic rings. The van der Waals surface area contributed by atoms with Crippen LogP contribution in [0.25, 0.3) is 0 Å². The van der Waals surface area contributed by atoms with Gasteiger partial charge in [0.2, 0.25) is 5.91 Å². The lowest BCUT2D eigenvalue weighted by Gasteiger charge is -2.30. The molecule has 1 aromatic carbocycles. The highest BCUT2D eigenvalue weighted by Gasteiger charge is 2.20. The number of methoxy groups -OCH3 is 1. The van der Waals surface area contributed by atoms with Crippen molar-refractivity contribution in [3.8, 4) is 5.75 Å². The molecule has 0 radical (unpaired) electrons. The first kappa shape index (κ1) is 14.9. The van der Waals surface area contributed by atoms with Crippen molar-refractivity contribution in [2.24, 2.45) is 5.92 Å². The maximum Gasteiger partial charge on any atom is 0.224 e. The molecule has 4 nitrogen and oxygen atoms in total. The smallest absolute Gasteiger partial charge is 0.224 e. The Hall–Kier alpha value is -1.55. The van der Waals surface area contributed by atoms with Gasteiger partial charge in [-0.2, -0.15) is 0 Å². The number of piperidine rings is 1. The van der Waals surface area contributed by atoms with E-state index >= 15 is 0 Å². The number of ether oxygens (including phenoxy) is 1. The summed E-state index contributed by atoms with van der Waals surface area (Å²) in [7, 11) is 1.64. The molecule has 0 spiro atoms. The van der Waals surface area contributed by atoms with Gasteiger partial charge >= 0.3 is 0 Å². The lowest BCUT2D eigenvalue weighted by molar-refractivity contribution is -0.120. The zero-order chi connectivity index (χ0) is 14.4. The van der Waals surface area contributed by atoms with Crippen LogP contribution in [0.3, 0.4) is 0 Å². The summed E-state index contributed by atoms with van der Waals surface area (Å²) in [6.07, 6.45) is 2.90. The predicted molar refractivity (Wildman–Crippen MR) is 79.9 cm³/mol. The quantitative estimate of drug-likeness (QED) is 0.861. The topological polar surface area (TPSA) is 50.4 Å². The van der Waals surface area contributed by atoms with E-state index in [1.807, 2.05) is 24.3 Å². The van der Waals surface area contributed by atoms with Crippen LogP contribution in [0.5, 0.6) is 5.75 Å². The van der Waals surface area contributed by atoms with Crippen molar-refractivity contribution in [1.29, 1.82) is 0 Å². The van der Waals surface area contributed by atoms with Gasteiger partial charge in [-0.25, -0.2) is 0 Å². The molecule has 1 heterocycles. The van der Waals surface area contributed by atoms with Gasteiger partial charge in [-0.05, 0) is 43.0 Å². The Morgan fingerprint density at radius 1 is 1.40 bits per heavy atom. The van der Waals surface area contributed by atoms with E-state index in [0.29, 0.717) is 18.4 Å². The van der Waals surface area contributed by atoms with Gasteiger partial charge in [0, 0.05) is 12.6 Å². The Labute approximate surface area is 120 Å². The molecule has 20 heavy (non-hydrogen) atoms. The Balaban J connectivity index is 1.76. The number of hydrogen-bond donors (Lipinski definition) is 2. The second-order valence-electron chi connectivity index (χ2n) is 5.51. The zero-order valence-electron chi connectivity index (χ0n) is 12.3. The molecule has 0 bridgehead atoms. The summed E-state index contributed by atoms with van der Waals surface area (Å²) in [5, 5.41) is 6.50. The third-order valence-electron chi connectivity index (χ3n) is 3.97. The number of carbonyl (C=O) groups is 1. The van der Waals surface area contributed by atoms with E-state index in [-0.39, 0.29) is 5.91 Å². The van der Waals surface area contributed by atoms with Crippen LogP contribution >= 0.6 is 0 Å². The highest BCUT2D eigenvalue weighted by atomic mass is 16.5. The summed E-state index contributed by atoms with van der Waals surface area (Å²) in [6.45, 7) is 4.02. The Morgan fingerprint density at radius 2 is 2.15 bits per heavy atom. The molecule has 1 aromatic rings. The SMILES string of the molecule is COc1ccc(CC(=O)NCC2NCCCC2C)cc1. The monoisotopic (exact) mass is 276 g/mol. The van der Waals surface area contributed by atoms with Crippen LogP contribution in [-0.2, 0) is 11.2 Å². The first-order chi connectivity index (χ1) is 9.69. The van der Waals surface area contributed by atoms with E-state index in [0.717, 1.165) is 24.4 Å². The van der Waals surface area contributed by atoms with Crippen molar-refractivity contribution in [1.82, 2.24) is 10.6 Å². The molecule has 0 aromatic heterocycles. The number of hydrogen-bond acceptors (Lipinski definition) is 3. The van der Waals surface area contributed by atoms with Gasteiger partial charge in [0.25, 0.3) is 0 Å². The standard InChI is InChI=1S/C16H24N2O2/c1-12-4-3-9-17-15(12)11-18-16(19)10-13-5-7-14(20-2)8-6-13/h5-8,12,15,17H,3-4,9-11H2,1-2H3,(H,18,19). The van der Waals surface area contributed by atoms with Crippen LogP contribution in [0.1, 0.15) is 25.3 Å². The van der Waals surface area contributed by atoms with Crippen molar-refractivity contribution in [3.63, 3.8) is 0 Å². The molecule has 0 aliphatic carbocycles. The highest BCUT2D eigenvalue weighted by molar-refractivity contribution is 5.78. The van der Waals surface area contributed by atoms with Crippen molar-refractivity contribution in [2.75, 3.05) is 20.2 Å². The van der Waals surface area contributed by atoms with E-state index in [9.17, 15) is 4.79 Å². The average Bonchev–Trinajstić information content (AvgIpc) is 2.47.